The average molecular weight is 338 g/mol. The lowest BCUT2D eigenvalue weighted by atomic mass is 9.86. The molecule has 2 rings (SSSR count). The van der Waals surface area contributed by atoms with Crippen LogP contribution in [0.4, 0.5) is 8.78 Å². The van der Waals surface area contributed by atoms with Gasteiger partial charge in [-0.3, -0.25) is 0 Å². The monoisotopic (exact) mass is 338 g/mol. The van der Waals surface area contributed by atoms with E-state index in [0.29, 0.717) is 18.8 Å². The number of piperidine rings is 1. The van der Waals surface area contributed by atoms with Crippen molar-refractivity contribution in [1.82, 2.24) is 9.21 Å². The third-order valence-electron chi connectivity index (χ3n) is 5.23. The molecule has 7 heteroatoms. The van der Waals surface area contributed by atoms with Crippen LogP contribution in [0.3, 0.4) is 0 Å². The lowest BCUT2D eigenvalue weighted by molar-refractivity contribution is -0.0496. The highest BCUT2D eigenvalue weighted by Crippen LogP contribution is 2.36. The van der Waals surface area contributed by atoms with Gasteiger partial charge in [-0.15, -0.1) is 0 Å². The molecule has 0 bridgehead atoms. The van der Waals surface area contributed by atoms with Crippen LogP contribution >= 0.6 is 0 Å². The molecule has 2 aliphatic rings. The summed E-state index contributed by atoms with van der Waals surface area (Å²) in [6.45, 7) is 4.27. The molecule has 1 saturated carbocycles. The van der Waals surface area contributed by atoms with E-state index in [1.807, 2.05) is 0 Å². The van der Waals surface area contributed by atoms with Gasteiger partial charge in [0.2, 0.25) is 15.9 Å². The fourth-order valence-electron chi connectivity index (χ4n) is 3.54. The van der Waals surface area contributed by atoms with E-state index in [0.717, 1.165) is 32.5 Å². The van der Waals surface area contributed by atoms with Gasteiger partial charge in [-0.2, -0.15) is 0 Å². The van der Waals surface area contributed by atoms with Gasteiger partial charge in [0, 0.05) is 32.5 Å². The fourth-order valence-corrected chi connectivity index (χ4v) is 4.62. The Balaban J connectivity index is 1.76. The van der Waals surface area contributed by atoms with Crippen LogP contribution in [0.1, 0.15) is 45.4 Å². The Hall–Kier alpha value is -0.270. The number of halogens is 2. The van der Waals surface area contributed by atoms with Crippen molar-refractivity contribution in [3.8, 4) is 0 Å². The molecule has 4 nitrogen and oxygen atoms in total. The minimum atomic E-state index is -3.12. The van der Waals surface area contributed by atoms with E-state index in [4.69, 9.17) is 0 Å². The molecule has 0 aromatic carbocycles. The topological polar surface area (TPSA) is 40.6 Å². The summed E-state index contributed by atoms with van der Waals surface area (Å²) in [7, 11) is -1.45. The van der Waals surface area contributed by atoms with Crippen molar-refractivity contribution < 1.29 is 17.2 Å². The first-order valence-corrected chi connectivity index (χ1v) is 9.90. The predicted molar refractivity (Wildman–Crippen MR) is 83.6 cm³/mol. The van der Waals surface area contributed by atoms with Crippen LogP contribution in [-0.2, 0) is 10.0 Å². The number of rotatable bonds is 5. The summed E-state index contributed by atoms with van der Waals surface area (Å²) >= 11 is 0. The lowest BCUT2D eigenvalue weighted by Crippen LogP contribution is -2.47. The Morgan fingerprint density at radius 2 is 1.68 bits per heavy atom. The van der Waals surface area contributed by atoms with E-state index in [1.165, 1.54) is 4.31 Å². The fraction of sp³-hybridized carbons (Fsp3) is 1.00. The number of likely N-dealkylation sites (tertiary alicyclic amines) is 1. The van der Waals surface area contributed by atoms with Crippen molar-refractivity contribution in [2.24, 2.45) is 5.92 Å². The predicted octanol–water partition coefficient (Wildman–Crippen LogP) is 2.56. The van der Waals surface area contributed by atoms with Gasteiger partial charge >= 0.3 is 0 Å². The quantitative estimate of drug-likeness (QED) is 0.773. The molecule has 0 atom stereocenters. The van der Waals surface area contributed by atoms with Gasteiger partial charge in [-0.05, 0) is 51.6 Å². The highest BCUT2D eigenvalue weighted by atomic mass is 32.2. The lowest BCUT2D eigenvalue weighted by Gasteiger charge is -2.38. The molecule has 130 valence electrons. The molecule has 0 N–H and O–H groups in total. The molecule has 0 radical (unpaired) electrons. The molecule has 0 unspecified atom stereocenters. The molecule has 0 amide bonds. The van der Waals surface area contributed by atoms with Crippen molar-refractivity contribution in [3.63, 3.8) is 0 Å². The van der Waals surface area contributed by atoms with Gasteiger partial charge < -0.3 is 4.90 Å². The zero-order valence-corrected chi connectivity index (χ0v) is 14.4. The van der Waals surface area contributed by atoms with Crippen LogP contribution in [0, 0.1) is 5.92 Å². The first-order chi connectivity index (χ1) is 10.2. The van der Waals surface area contributed by atoms with Crippen molar-refractivity contribution in [1.29, 1.82) is 0 Å². The largest absolute Gasteiger partial charge is 0.303 e. The minimum absolute atomic E-state index is 0.0195. The van der Waals surface area contributed by atoms with Crippen LogP contribution in [0.25, 0.3) is 0 Å². The SMILES string of the molecule is CCS(=O)(=O)N(C)C1CCN(CC2CCC(F)(F)CC2)CC1. The van der Waals surface area contributed by atoms with E-state index >= 15 is 0 Å². The Morgan fingerprint density at radius 1 is 1.14 bits per heavy atom. The first kappa shape index (κ1) is 18.1. The molecule has 1 heterocycles. The highest BCUT2D eigenvalue weighted by Gasteiger charge is 2.36. The summed E-state index contributed by atoms with van der Waals surface area (Å²) in [5.74, 6) is -1.95. The number of sulfonamides is 1. The molecule has 2 fully saturated rings. The molecule has 1 saturated heterocycles. The van der Waals surface area contributed by atoms with Gasteiger partial charge in [0.1, 0.15) is 0 Å². The standard InChI is InChI=1S/C15H28F2N2O2S/c1-3-22(20,21)18(2)14-6-10-19(11-7-14)12-13-4-8-15(16,17)9-5-13/h13-14H,3-12H2,1-2H3. The van der Waals surface area contributed by atoms with Gasteiger partial charge in [0.25, 0.3) is 0 Å². The summed E-state index contributed by atoms with van der Waals surface area (Å²) < 4.78 is 51.6. The maximum absolute atomic E-state index is 13.2. The highest BCUT2D eigenvalue weighted by molar-refractivity contribution is 7.89. The van der Waals surface area contributed by atoms with Crippen molar-refractivity contribution in [2.45, 2.75) is 57.4 Å². The molecular weight excluding hydrogens is 310 g/mol. The maximum atomic E-state index is 13.2. The van der Waals surface area contributed by atoms with Gasteiger partial charge in [-0.1, -0.05) is 0 Å². The molecule has 0 aromatic rings. The zero-order chi connectivity index (χ0) is 16.4. The molecule has 1 aliphatic carbocycles. The number of hydrogen-bond acceptors (Lipinski definition) is 3. The summed E-state index contributed by atoms with van der Waals surface area (Å²) in [4.78, 5) is 2.32. The number of hydrogen-bond donors (Lipinski definition) is 0. The Morgan fingerprint density at radius 3 is 2.18 bits per heavy atom. The summed E-state index contributed by atoms with van der Waals surface area (Å²) in [6.07, 6.45) is 2.92. The Labute approximate surface area is 132 Å². The smallest absolute Gasteiger partial charge is 0.248 e. The van der Waals surface area contributed by atoms with Crippen molar-refractivity contribution in [2.75, 3.05) is 32.4 Å². The Bertz CT molecular complexity index is 452. The van der Waals surface area contributed by atoms with Crippen LogP contribution in [0.15, 0.2) is 0 Å². The van der Waals surface area contributed by atoms with E-state index in [1.54, 1.807) is 14.0 Å². The Kier molecular flexibility index (Phi) is 5.83. The van der Waals surface area contributed by atoms with E-state index < -0.39 is 15.9 Å². The molecule has 1 aliphatic heterocycles. The zero-order valence-electron chi connectivity index (χ0n) is 13.6. The normalized spacial score (nSPS) is 25.7. The summed E-state index contributed by atoms with van der Waals surface area (Å²) in [6, 6.07) is 0.0805. The summed E-state index contributed by atoms with van der Waals surface area (Å²) in [5.41, 5.74) is 0. The number of alkyl halides is 2. The van der Waals surface area contributed by atoms with Crippen LogP contribution < -0.4 is 0 Å². The molecular formula is C15H28F2N2O2S. The second-order valence-corrected chi connectivity index (χ2v) is 9.07. The third kappa shape index (κ3) is 4.61. The van der Waals surface area contributed by atoms with Crippen LogP contribution in [0.5, 0.6) is 0 Å². The van der Waals surface area contributed by atoms with E-state index in [2.05, 4.69) is 4.90 Å². The first-order valence-electron chi connectivity index (χ1n) is 8.29. The van der Waals surface area contributed by atoms with Crippen molar-refractivity contribution in [3.05, 3.63) is 0 Å². The van der Waals surface area contributed by atoms with Crippen LogP contribution in [-0.4, -0.2) is 62.0 Å². The molecule has 0 aromatic heterocycles. The minimum Gasteiger partial charge on any atom is -0.303 e. The van der Waals surface area contributed by atoms with E-state index in [9.17, 15) is 17.2 Å². The third-order valence-corrected chi connectivity index (χ3v) is 7.13. The average Bonchev–Trinajstić information content (AvgIpc) is 2.49. The second kappa shape index (κ2) is 7.09. The molecule has 0 spiro atoms. The molecule has 22 heavy (non-hydrogen) atoms. The van der Waals surface area contributed by atoms with E-state index in [-0.39, 0.29) is 24.6 Å². The second-order valence-electron chi connectivity index (χ2n) is 6.75. The summed E-state index contributed by atoms with van der Waals surface area (Å²) in [5, 5.41) is 0. The van der Waals surface area contributed by atoms with Gasteiger partial charge in [0.15, 0.2) is 0 Å². The van der Waals surface area contributed by atoms with Crippen molar-refractivity contribution >= 4 is 10.0 Å². The number of nitrogens with zero attached hydrogens (tertiary/aromatic N) is 2. The van der Waals surface area contributed by atoms with Gasteiger partial charge in [-0.25, -0.2) is 21.5 Å². The maximum Gasteiger partial charge on any atom is 0.248 e. The van der Waals surface area contributed by atoms with Gasteiger partial charge in [0.05, 0.1) is 5.75 Å². The van der Waals surface area contributed by atoms with Crippen LogP contribution in [0.2, 0.25) is 0 Å².